The highest BCUT2D eigenvalue weighted by Crippen LogP contribution is 2.45. The number of amides is 2. The summed E-state index contributed by atoms with van der Waals surface area (Å²) in [5.74, 6) is -2.34. The number of fused-ring (bicyclic) bond motifs is 3. The van der Waals surface area contributed by atoms with Gasteiger partial charge in [-0.05, 0) is 18.9 Å². The fourth-order valence-electron chi connectivity index (χ4n) is 5.53. The number of thiazole rings is 1. The number of hydrogen-bond donors (Lipinski definition) is 2. The Kier molecular flexibility index (Phi) is 6.08. The Morgan fingerprint density at radius 3 is 2.32 bits per heavy atom. The maximum atomic E-state index is 13.6. The number of oxazole rings is 1. The summed E-state index contributed by atoms with van der Waals surface area (Å²) in [5.41, 5.74) is -4.64. The number of carbonyl (C=O) groups is 2. The molecule has 3 saturated heterocycles. The fourth-order valence-corrected chi connectivity index (χ4v) is 6.18. The number of piperazine rings is 1. The molecule has 2 atom stereocenters. The molecule has 0 saturated carbocycles. The number of benzene rings is 1. The van der Waals surface area contributed by atoms with Gasteiger partial charge in [0.25, 0.3) is 11.9 Å². The van der Waals surface area contributed by atoms with E-state index in [1.54, 1.807) is 10.3 Å². The minimum Gasteiger partial charge on any atom is -0.465 e. The molecule has 3 fully saturated rings. The first-order valence-electron chi connectivity index (χ1n) is 12.1. The van der Waals surface area contributed by atoms with E-state index in [1.165, 1.54) is 11.1 Å². The lowest BCUT2D eigenvalue weighted by atomic mass is 9.92. The van der Waals surface area contributed by atoms with Crippen LogP contribution in [-0.4, -0.2) is 98.4 Å². The first-order chi connectivity index (χ1) is 19.1. The molecule has 2 aromatic heterocycles. The molecule has 2 bridgehead atoms. The molecule has 5 heterocycles. The number of β-amino-alcohol motifs (C(OH)–C–C–N with tert-alkyl or cyclic N) is 1. The van der Waals surface area contributed by atoms with Crippen molar-refractivity contribution < 1.29 is 55.3 Å². The van der Waals surface area contributed by atoms with E-state index in [0.717, 1.165) is 17.4 Å². The number of nitrogens with zero attached hydrogens (tertiary/aromatic N) is 5. The molecule has 2 amide bonds. The van der Waals surface area contributed by atoms with Crippen LogP contribution >= 0.6 is 11.3 Å². The molecular weight excluding hydrogens is 588 g/mol. The van der Waals surface area contributed by atoms with Gasteiger partial charge in [-0.25, -0.2) is 9.78 Å². The predicted octanol–water partition coefficient (Wildman–Crippen LogP) is 3.93. The van der Waals surface area contributed by atoms with Crippen molar-refractivity contribution in [3.05, 3.63) is 23.2 Å². The highest BCUT2D eigenvalue weighted by Gasteiger charge is 2.62. The zero-order valence-electron chi connectivity index (χ0n) is 20.6. The van der Waals surface area contributed by atoms with Crippen LogP contribution in [0.5, 0.6) is 5.75 Å². The zero-order valence-corrected chi connectivity index (χ0v) is 21.4. The van der Waals surface area contributed by atoms with Gasteiger partial charge in [-0.2, -0.15) is 18.2 Å². The predicted molar refractivity (Wildman–Crippen MR) is 128 cm³/mol. The lowest BCUT2D eigenvalue weighted by Crippen LogP contribution is -2.70. The standard InChI is InChI=1S/C23H19F6N5O6S/c24-22(25,26)21(38)8-33(9-21)18(35)13-5-12(17-30-3-4-41-17)15-14(16(13)40-23(27,28)29)31-19(39-15)32-6-10-1-2-11(7-32)34(10)20(36)37/h3-5,10-11,38H,1-2,6-9H2,(H,36,37). The summed E-state index contributed by atoms with van der Waals surface area (Å²) in [6.07, 6.45) is -8.94. The third kappa shape index (κ3) is 4.58. The molecule has 2 unspecified atom stereocenters. The van der Waals surface area contributed by atoms with E-state index < -0.39 is 72.1 Å². The summed E-state index contributed by atoms with van der Waals surface area (Å²) in [7, 11) is 0. The van der Waals surface area contributed by atoms with Crippen molar-refractivity contribution in [2.24, 2.45) is 0 Å². The quantitative estimate of drug-likeness (QED) is 0.424. The number of alkyl halides is 6. The summed E-state index contributed by atoms with van der Waals surface area (Å²) in [6.45, 7) is -2.08. The van der Waals surface area contributed by atoms with Crippen molar-refractivity contribution in [3.8, 4) is 16.3 Å². The molecule has 220 valence electrons. The number of carboxylic acid groups (broad SMARTS) is 1. The second-order valence-corrected chi connectivity index (χ2v) is 10.9. The molecule has 0 radical (unpaired) electrons. The van der Waals surface area contributed by atoms with E-state index in [4.69, 9.17) is 4.42 Å². The monoisotopic (exact) mass is 607 g/mol. The minimum atomic E-state index is -5.32. The average Bonchev–Trinajstić information content (AvgIpc) is 3.59. The van der Waals surface area contributed by atoms with Gasteiger partial charge in [-0.1, -0.05) is 0 Å². The van der Waals surface area contributed by atoms with Gasteiger partial charge in [0.15, 0.2) is 22.5 Å². The number of hydrogen-bond acceptors (Lipinski definition) is 9. The second kappa shape index (κ2) is 9.10. The Bertz CT molecular complexity index is 1510. The zero-order chi connectivity index (χ0) is 29.5. The van der Waals surface area contributed by atoms with Crippen LogP contribution in [0, 0.1) is 0 Å². The second-order valence-electron chi connectivity index (χ2n) is 10.0. The van der Waals surface area contributed by atoms with Crippen molar-refractivity contribution >= 4 is 40.5 Å². The summed E-state index contributed by atoms with van der Waals surface area (Å²) >= 11 is 1.06. The Labute approximate surface area is 229 Å². The van der Waals surface area contributed by atoms with E-state index in [-0.39, 0.29) is 35.3 Å². The summed E-state index contributed by atoms with van der Waals surface area (Å²) in [5, 5.41) is 21.1. The molecule has 0 aliphatic carbocycles. The van der Waals surface area contributed by atoms with E-state index in [2.05, 4.69) is 14.7 Å². The van der Waals surface area contributed by atoms with Crippen LogP contribution < -0.4 is 9.64 Å². The Morgan fingerprint density at radius 1 is 1.12 bits per heavy atom. The molecule has 3 aliphatic rings. The molecule has 41 heavy (non-hydrogen) atoms. The highest BCUT2D eigenvalue weighted by atomic mass is 32.1. The number of carbonyl (C=O) groups excluding carboxylic acids is 1. The molecule has 18 heteroatoms. The van der Waals surface area contributed by atoms with Crippen molar-refractivity contribution in [1.82, 2.24) is 19.8 Å². The van der Waals surface area contributed by atoms with Gasteiger partial charge in [-0.3, -0.25) is 9.69 Å². The SMILES string of the molecule is O=C(c1cc(-c2nccs2)c2oc(N3CC4CCC(C3)N4C(=O)O)nc2c1OC(F)(F)F)N1CC(O)(C(F)(F)F)C1. The van der Waals surface area contributed by atoms with Crippen LogP contribution in [0.1, 0.15) is 23.2 Å². The molecule has 1 aromatic carbocycles. The van der Waals surface area contributed by atoms with Crippen LogP contribution in [0.15, 0.2) is 22.1 Å². The van der Waals surface area contributed by atoms with Crippen LogP contribution in [0.25, 0.3) is 21.7 Å². The number of aliphatic hydroxyl groups is 1. The number of anilines is 1. The van der Waals surface area contributed by atoms with Crippen LogP contribution in [0.3, 0.4) is 0 Å². The number of likely N-dealkylation sites (tertiary alicyclic amines) is 1. The van der Waals surface area contributed by atoms with Gasteiger partial charge in [-0.15, -0.1) is 24.5 Å². The summed E-state index contributed by atoms with van der Waals surface area (Å²) in [6, 6.07) is 0.0335. The van der Waals surface area contributed by atoms with Crippen LogP contribution in [0.2, 0.25) is 0 Å². The maximum absolute atomic E-state index is 13.6. The normalized spacial score (nSPS) is 22.3. The van der Waals surface area contributed by atoms with E-state index in [0.29, 0.717) is 17.7 Å². The third-order valence-electron chi connectivity index (χ3n) is 7.41. The Hall–Kier alpha value is -3.80. The lowest BCUT2D eigenvalue weighted by Gasteiger charge is -2.46. The van der Waals surface area contributed by atoms with Gasteiger partial charge < -0.3 is 29.2 Å². The molecule has 11 nitrogen and oxygen atoms in total. The number of aromatic nitrogens is 2. The third-order valence-corrected chi connectivity index (χ3v) is 8.22. The molecule has 3 aromatic rings. The molecule has 0 spiro atoms. The average molecular weight is 607 g/mol. The smallest absolute Gasteiger partial charge is 0.465 e. The van der Waals surface area contributed by atoms with Crippen molar-refractivity contribution in [1.29, 1.82) is 0 Å². The van der Waals surface area contributed by atoms with Gasteiger partial charge in [0.2, 0.25) is 0 Å². The molecular formula is C23H19F6N5O6S. The summed E-state index contributed by atoms with van der Waals surface area (Å²) < 4.78 is 90.3. The Morgan fingerprint density at radius 2 is 1.78 bits per heavy atom. The molecule has 3 aliphatic heterocycles. The van der Waals surface area contributed by atoms with Crippen molar-refractivity contribution in [2.75, 3.05) is 31.1 Å². The Balaban J connectivity index is 1.45. The van der Waals surface area contributed by atoms with Gasteiger partial charge in [0.1, 0.15) is 5.01 Å². The van der Waals surface area contributed by atoms with E-state index in [1.807, 2.05) is 0 Å². The highest BCUT2D eigenvalue weighted by molar-refractivity contribution is 7.13. The van der Waals surface area contributed by atoms with Crippen molar-refractivity contribution in [2.45, 2.75) is 43.1 Å². The summed E-state index contributed by atoms with van der Waals surface area (Å²) in [4.78, 5) is 36.7. The molecule has 6 rings (SSSR count). The first kappa shape index (κ1) is 27.4. The van der Waals surface area contributed by atoms with Crippen LogP contribution in [0.4, 0.5) is 37.2 Å². The van der Waals surface area contributed by atoms with Gasteiger partial charge in [0.05, 0.1) is 36.3 Å². The van der Waals surface area contributed by atoms with Gasteiger partial charge >= 0.3 is 18.6 Å². The number of halogens is 6. The van der Waals surface area contributed by atoms with E-state index >= 15 is 0 Å². The van der Waals surface area contributed by atoms with Gasteiger partial charge in [0, 0.05) is 24.7 Å². The lowest BCUT2D eigenvalue weighted by molar-refractivity contribution is -0.294. The molecule has 2 N–H and O–H groups in total. The minimum absolute atomic E-state index is 0.0466. The first-order valence-corrected chi connectivity index (χ1v) is 13.0. The fraction of sp³-hybridized carbons (Fsp3) is 0.478. The topological polar surface area (TPSA) is 132 Å². The number of rotatable bonds is 4. The van der Waals surface area contributed by atoms with E-state index in [9.17, 15) is 46.1 Å². The maximum Gasteiger partial charge on any atom is 0.573 e. The number of ether oxygens (including phenoxy) is 1. The largest absolute Gasteiger partial charge is 0.573 e. The van der Waals surface area contributed by atoms with Crippen LogP contribution in [-0.2, 0) is 0 Å². The van der Waals surface area contributed by atoms with Crippen molar-refractivity contribution in [3.63, 3.8) is 0 Å².